The van der Waals surface area contributed by atoms with E-state index >= 15 is 0 Å². The number of benzene rings is 1. The first-order valence-corrected chi connectivity index (χ1v) is 6.75. The van der Waals surface area contributed by atoms with E-state index in [2.05, 4.69) is 45.7 Å². The minimum Gasteiger partial charge on any atom is -0.305 e. The van der Waals surface area contributed by atoms with Crippen LogP contribution in [-0.4, -0.2) is 29.5 Å². The van der Waals surface area contributed by atoms with Crippen LogP contribution in [0.1, 0.15) is 0 Å². The topological polar surface area (TPSA) is 61.4 Å². The van der Waals surface area contributed by atoms with Crippen molar-refractivity contribution in [1.29, 1.82) is 0 Å². The van der Waals surface area contributed by atoms with Crippen LogP contribution in [0.5, 0.6) is 0 Å². The van der Waals surface area contributed by atoms with Crippen molar-refractivity contribution >= 4 is 25.3 Å². The van der Waals surface area contributed by atoms with Gasteiger partial charge in [0.05, 0.1) is 0 Å². The zero-order valence-corrected chi connectivity index (χ0v) is 12.7. The van der Waals surface area contributed by atoms with Gasteiger partial charge in [-0.15, -0.1) is 45.7 Å². The summed E-state index contributed by atoms with van der Waals surface area (Å²) >= 11 is 8.47. The molecule has 0 radical (unpaired) electrons. The van der Waals surface area contributed by atoms with Gasteiger partial charge in [0.25, 0.3) is 0 Å². The maximum absolute atomic E-state index is 4.24. The molecular formula is C12H12N6S2. The van der Waals surface area contributed by atoms with Gasteiger partial charge in [0.1, 0.15) is 0 Å². The molecule has 8 heteroatoms. The molecule has 1 aromatic carbocycles. The molecule has 0 N–H and O–H groups in total. The van der Waals surface area contributed by atoms with Gasteiger partial charge in [-0.05, 0) is 6.07 Å². The lowest BCUT2D eigenvalue weighted by Crippen LogP contribution is -1.96. The highest BCUT2D eigenvalue weighted by molar-refractivity contribution is 7.80. The van der Waals surface area contributed by atoms with E-state index in [0.29, 0.717) is 10.3 Å². The van der Waals surface area contributed by atoms with Crippen molar-refractivity contribution in [2.24, 2.45) is 14.1 Å². The van der Waals surface area contributed by atoms with E-state index in [-0.39, 0.29) is 0 Å². The fourth-order valence-electron chi connectivity index (χ4n) is 1.94. The fourth-order valence-corrected chi connectivity index (χ4v) is 2.22. The Labute approximate surface area is 126 Å². The molecule has 0 spiro atoms. The lowest BCUT2D eigenvalue weighted by molar-refractivity contribution is 0.797. The third-order valence-corrected chi connectivity index (χ3v) is 3.86. The number of rotatable bonds is 2. The standard InChI is InChI=1S/C12H12N6S2/c1-17-9(13-15-11(17)19)7-4-3-5-8(6-7)10-14-16-12(20)18(10)2/h3-6H,1-2H3,(H,15,19)(H,16,20). The Morgan fingerprint density at radius 3 is 1.60 bits per heavy atom. The lowest BCUT2D eigenvalue weighted by atomic mass is 10.1. The van der Waals surface area contributed by atoms with E-state index in [0.717, 1.165) is 22.8 Å². The number of aromatic nitrogens is 6. The Bertz CT molecular complexity index is 715. The van der Waals surface area contributed by atoms with Gasteiger partial charge in [-0.2, -0.15) is 0 Å². The van der Waals surface area contributed by atoms with Crippen molar-refractivity contribution in [3.63, 3.8) is 0 Å². The normalized spacial score (nSPS) is 11.0. The highest BCUT2D eigenvalue weighted by Gasteiger charge is 2.12. The fraction of sp³-hybridized carbons (Fsp3) is 0.167. The summed E-state index contributed by atoms with van der Waals surface area (Å²) in [5.74, 6) is 1.51. The van der Waals surface area contributed by atoms with E-state index in [1.165, 1.54) is 0 Å². The van der Waals surface area contributed by atoms with E-state index in [1.54, 1.807) is 0 Å². The molecule has 2 heterocycles. The van der Waals surface area contributed by atoms with Gasteiger partial charge < -0.3 is 9.13 Å². The van der Waals surface area contributed by atoms with Crippen LogP contribution in [0.4, 0.5) is 0 Å². The maximum Gasteiger partial charge on any atom is 0.188 e. The second-order valence-electron chi connectivity index (χ2n) is 4.35. The number of hydrogen-bond donors (Lipinski definition) is 2. The molecule has 0 amide bonds. The number of nitrogens with zero attached hydrogens (tertiary/aromatic N) is 6. The van der Waals surface area contributed by atoms with Crippen LogP contribution < -0.4 is 0 Å². The van der Waals surface area contributed by atoms with Crippen molar-refractivity contribution in [2.75, 3.05) is 0 Å². The summed E-state index contributed by atoms with van der Waals surface area (Å²) in [6.07, 6.45) is 0. The maximum atomic E-state index is 4.24. The smallest absolute Gasteiger partial charge is 0.188 e. The third kappa shape index (κ3) is 2.10. The molecule has 2 aromatic heterocycles. The third-order valence-electron chi connectivity index (χ3n) is 3.08. The molecule has 6 nitrogen and oxygen atoms in total. The Morgan fingerprint density at radius 1 is 0.800 bits per heavy atom. The Hall–Kier alpha value is -1.80. The predicted molar refractivity (Wildman–Crippen MR) is 80.9 cm³/mol. The highest BCUT2D eigenvalue weighted by atomic mass is 32.1. The molecule has 102 valence electrons. The van der Waals surface area contributed by atoms with Crippen molar-refractivity contribution in [3.05, 3.63) is 24.3 Å². The van der Waals surface area contributed by atoms with Crippen LogP contribution in [0.2, 0.25) is 0 Å². The first-order valence-electron chi connectivity index (χ1n) is 5.85. The Morgan fingerprint density at radius 2 is 1.25 bits per heavy atom. The molecule has 0 atom stereocenters. The van der Waals surface area contributed by atoms with Crippen LogP contribution in [0.15, 0.2) is 34.6 Å². The molecule has 0 fully saturated rings. The minimum absolute atomic E-state index is 0.571. The summed E-state index contributed by atoms with van der Waals surface area (Å²) in [7, 11) is 3.75. The van der Waals surface area contributed by atoms with Gasteiger partial charge in [0.15, 0.2) is 22.0 Å². The first kappa shape index (κ1) is 13.2. The molecule has 0 aliphatic carbocycles. The molecule has 3 rings (SSSR count). The second kappa shape index (κ2) is 4.95. The summed E-state index contributed by atoms with van der Waals surface area (Å²) in [6, 6.07) is 7.89. The van der Waals surface area contributed by atoms with Crippen LogP contribution in [-0.2, 0) is 14.1 Å². The average molecular weight is 304 g/mol. The van der Waals surface area contributed by atoms with Gasteiger partial charge in [0, 0.05) is 25.2 Å². The highest BCUT2D eigenvalue weighted by Crippen LogP contribution is 2.25. The number of thiol groups is 2. The van der Waals surface area contributed by atoms with E-state index in [1.807, 2.05) is 47.5 Å². The number of hydrogen-bond acceptors (Lipinski definition) is 6. The average Bonchev–Trinajstić information content (AvgIpc) is 2.95. The molecule has 0 saturated heterocycles. The summed E-state index contributed by atoms with van der Waals surface area (Å²) in [6.45, 7) is 0. The largest absolute Gasteiger partial charge is 0.305 e. The van der Waals surface area contributed by atoms with Gasteiger partial charge in [-0.25, -0.2) is 0 Å². The monoisotopic (exact) mass is 304 g/mol. The van der Waals surface area contributed by atoms with E-state index in [4.69, 9.17) is 0 Å². The van der Waals surface area contributed by atoms with E-state index in [9.17, 15) is 0 Å². The van der Waals surface area contributed by atoms with Gasteiger partial charge in [-0.1, -0.05) is 18.2 Å². The molecule has 0 saturated carbocycles. The molecule has 0 unspecified atom stereocenters. The van der Waals surface area contributed by atoms with Gasteiger partial charge in [0.2, 0.25) is 0 Å². The summed E-state index contributed by atoms with van der Waals surface area (Å²) < 4.78 is 3.64. The Kier molecular flexibility index (Phi) is 3.27. The summed E-state index contributed by atoms with van der Waals surface area (Å²) in [5, 5.41) is 17.3. The predicted octanol–water partition coefficient (Wildman–Crippen LogP) is 1.85. The lowest BCUT2D eigenvalue weighted by Gasteiger charge is -2.05. The van der Waals surface area contributed by atoms with Crippen molar-refractivity contribution in [1.82, 2.24) is 29.5 Å². The first-order chi connectivity index (χ1) is 9.58. The van der Waals surface area contributed by atoms with Crippen molar-refractivity contribution < 1.29 is 0 Å². The molecule has 20 heavy (non-hydrogen) atoms. The van der Waals surface area contributed by atoms with Crippen LogP contribution in [0.25, 0.3) is 22.8 Å². The quantitative estimate of drug-likeness (QED) is 0.709. The van der Waals surface area contributed by atoms with Crippen molar-refractivity contribution in [2.45, 2.75) is 10.3 Å². The van der Waals surface area contributed by atoms with Gasteiger partial charge in [-0.3, -0.25) is 0 Å². The Balaban J connectivity index is 2.11. The second-order valence-corrected chi connectivity index (χ2v) is 5.15. The molecular weight excluding hydrogens is 292 g/mol. The molecule has 0 aliphatic rings. The minimum atomic E-state index is 0.571. The van der Waals surface area contributed by atoms with Crippen LogP contribution in [0.3, 0.4) is 0 Å². The van der Waals surface area contributed by atoms with Gasteiger partial charge >= 0.3 is 0 Å². The summed E-state index contributed by atoms with van der Waals surface area (Å²) in [4.78, 5) is 0. The van der Waals surface area contributed by atoms with Crippen LogP contribution >= 0.6 is 25.3 Å². The van der Waals surface area contributed by atoms with Crippen LogP contribution in [0, 0.1) is 0 Å². The molecule has 0 bridgehead atoms. The summed E-state index contributed by atoms with van der Waals surface area (Å²) in [5.41, 5.74) is 1.89. The van der Waals surface area contributed by atoms with E-state index < -0.39 is 0 Å². The zero-order valence-electron chi connectivity index (χ0n) is 10.9. The SMILES string of the molecule is Cn1c(S)nnc1-c1cccc(-c2nnc(S)n2C)c1. The molecule has 0 aliphatic heterocycles. The zero-order chi connectivity index (χ0) is 14.3. The van der Waals surface area contributed by atoms with Crippen molar-refractivity contribution in [3.8, 4) is 22.8 Å². The molecule has 3 aromatic rings.